The van der Waals surface area contributed by atoms with E-state index in [1.807, 2.05) is 18.2 Å². The van der Waals surface area contributed by atoms with Gasteiger partial charge in [-0.05, 0) is 19.1 Å². The van der Waals surface area contributed by atoms with Crippen LogP contribution in [0.5, 0.6) is 0 Å². The summed E-state index contributed by atoms with van der Waals surface area (Å²) in [6.45, 7) is 2.38. The van der Waals surface area contributed by atoms with Crippen LogP contribution in [0.2, 0.25) is 0 Å². The monoisotopic (exact) mass is 260 g/mol. The molecule has 1 unspecified atom stereocenters. The molecule has 1 aromatic carbocycles. The maximum absolute atomic E-state index is 11.8. The van der Waals surface area contributed by atoms with Crippen molar-refractivity contribution in [3.8, 4) is 0 Å². The van der Waals surface area contributed by atoms with Gasteiger partial charge in [0.2, 0.25) is 0 Å². The van der Waals surface area contributed by atoms with Crippen LogP contribution in [0, 0.1) is 0 Å². The van der Waals surface area contributed by atoms with Crippen LogP contribution >= 0.6 is 0 Å². The Hall–Kier alpha value is -2.21. The second-order valence-corrected chi connectivity index (χ2v) is 4.33. The van der Waals surface area contributed by atoms with Gasteiger partial charge >= 0.3 is 0 Å². The lowest BCUT2D eigenvalue weighted by Crippen LogP contribution is -2.22. The molecule has 6 nitrogen and oxygen atoms in total. The summed E-state index contributed by atoms with van der Waals surface area (Å²) in [4.78, 5) is 11.8. The lowest BCUT2D eigenvalue weighted by molar-refractivity contribution is 0.0950. The summed E-state index contributed by atoms with van der Waals surface area (Å²) >= 11 is 0. The highest BCUT2D eigenvalue weighted by Gasteiger charge is 2.07. The number of rotatable bonds is 5. The van der Waals surface area contributed by atoms with Crippen LogP contribution in [0.3, 0.4) is 0 Å². The van der Waals surface area contributed by atoms with Crippen molar-refractivity contribution in [2.75, 3.05) is 0 Å². The van der Waals surface area contributed by atoms with Gasteiger partial charge in [0.05, 0.1) is 25.4 Å². The number of benzene rings is 1. The van der Waals surface area contributed by atoms with E-state index in [0.717, 1.165) is 0 Å². The molecule has 1 amide bonds. The SMILES string of the molecule is CC(O)Cn1cc(CNC(=O)c2ccccc2)nn1. The number of aliphatic hydroxyl groups is 1. The quantitative estimate of drug-likeness (QED) is 0.824. The maximum Gasteiger partial charge on any atom is 0.251 e. The average Bonchev–Trinajstić information content (AvgIpc) is 2.84. The first kappa shape index (κ1) is 13.2. The van der Waals surface area contributed by atoms with Gasteiger partial charge in [0.1, 0.15) is 5.69 Å². The minimum atomic E-state index is -0.478. The summed E-state index contributed by atoms with van der Waals surface area (Å²) in [5.74, 6) is -0.148. The van der Waals surface area contributed by atoms with E-state index in [-0.39, 0.29) is 5.91 Å². The summed E-state index contributed by atoms with van der Waals surface area (Å²) in [5, 5.41) is 19.8. The number of hydrogen-bond acceptors (Lipinski definition) is 4. The van der Waals surface area contributed by atoms with E-state index >= 15 is 0 Å². The Morgan fingerprint density at radius 3 is 2.84 bits per heavy atom. The highest BCUT2D eigenvalue weighted by Crippen LogP contribution is 1.99. The van der Waals surface area contributed by atoms with E-state index in [9.17, 15) is 9.90 Å². The van der Waals surface area contributed by atoms with Crippen molar-refractivity contribution in [1.82, 2.24) is 20.3 Å². The zero-order chi connectivity index (χ0) is 13.7. The Labute approximate surface area is 111 Å². The van der Waals surface area contributed by atoms with E-state index in [1.54, 1.807) is 29.9 Å². The Balaban J connectivity index is 1.89. The molecule has 100 valence electrons. The molecule has 0 fully saturated rings. The first-order chi connectivity index (χ1) is 9.15. The zero-order valence-electron chi connectivity index (χ0n) is 10.7. The number of aromatic nitrogens is 3. The van der Waals surface area contributed by atoms with Gasteiger partial charge in [-0.25, -0.2) is 4.68 Å². The van der Waals surface area contributed by atoms with Crippen LogP contribution in [0.25, 0.3) is 0 Å². The van der Waals surface area contributed by atoms with Crippen LogP contribution in [-0.2, 0) is 13.1 Å². The van der Waals surface area contributed by atoms with E-state index in [0.29, 0.717) is 24.3 Å². The van der Waals surface area contributed by atoms with Crippen molar-refractivity contribution in [3.63, 3.8) is 0 Å². The second-order valence-electron chi connectivity index (χ2n) is 4.33. The fourth-order valence-corrected chi connectivity index (χ4v) is 1.64. The molecule has 0 bridgehead atoms. The van der Waals surface area contributed by atoms with Gasteiger partial charge in [-0.15, -0.1) is 5.10 Å². The van der Waals surface area contributed by atoms with Crippen molar-refractivity contribution >= 4 is 5.91 Å². The zero-order valence-corrected chi connectivity index (χ0v) is 10.7. The van der Waals surface area contributed by atoms with E-state index in [4.69, 9.17) is 0 Å². The third-order valence-electron chi connectivity index (χ3n) is 2.50. The molecule has 0 radical (unpaired) electrons. The molecule has 19 heavy (non-hydrogen) atoms. The maximum atomic E-state index is 11.8. The number of amides is 1. The summed E-state index contributed by atoms with van der Waals surface area (Å²) in [7, 11) is 0. The molecule has 0 saturated heterocycles. The molecule has 6 heteroatoms. The molecular formula is C13H16N4O2. The molecule has 0 spiro atoms. The number of nitrogens with one attached hydrogen (secondary N) is 1. The Bertz CT molecular complexity index is 537. The van der Waals surface area contributed by atoms with Gasteiger partial charge in [0, 0.05) is 5.56 Å². The number of carbonyl (C=O) groups is 1. The van der Waals surface area contributed by atoms with Gasteiger partial charge in [0.25, 0.3) is 5.91 Å². The predicted octanol–water partition coefficient (Wildman–Crippen LogP) is 0.589. The Morgan fingerprint density at radius 2 is 2.16 bits per heavy atom. The molecular weight excluding hydrogens is 244 g/mol. The lowest BCUT2D eigenvalue weighted by Gasteiger charge is -2.03. The minimum absolute atomic E-state index is 0.148. The lowest BCUT2D eigenvalue weighted by atomic mass is 10.2. The molecule has 0 aliphatic heterocycles. The summed E-state index contributed by atoms with van der Waals surface area (Å²) in [5.41, 5.74) is 1.27. The van der Waals surface area contributed by atoms with Gasteiger partial charge in [-0.3, -0.25) is 4.79 Å². The average molecular weight is 260 g/mol. The van der Waals surface area contributed by atoms with Crippen molar-refractivity contribution in [2.24, 2.45) is 0 Å². The van der Waals surface area contributed by atoms with Gasteiger partial charge in [-0.2, -0.15) is 0 Å². The molecule has 1 heterocycles. The largest absolute Gasteiger partial charge is 0.391 e. The highest BCUT2D eigenvalue weighted by atomic mass is 16.3. The molecule has 0 aliphatic carbocycles. The first-order valence-electron chi connectivity index (χ1n) is 6.05. The third kappa shape index (κ3) is 3.89. The Morgan fingerprint density at radius 1 is 1.42 bits per heavy atom. The van der Waals surface area contributed by atoms with Gasteiger partial charge < -0.3 is 10.4 Å². The molecule has 2 aromatic rings. The predicted molar refractivity (Wildman–Crippen MR) is 69.3 cm³/mol. The van der Waals surface area contributed by atoms with Crippen LogP contribution in [0.15, 0.2) is 36.5 Å². The summed E-state index contributed by atoms with van der Waals surface area (Å²) in [6, 6.07) is 8.99. The normalized spacial score (nSPS) is 12.1. The van der Waals surface area contributed by atoms with Gasteiger partial charge in [0.15, 0.2) is 0 Å². The van der Waals surface area contributed by atoms with Crippen LogP contribution < -0.4 is 5.32 Å². The standard InChI is InChI=1S/C13H16N4O2/c1-10(18)8-17-9-12(15-16-17)7-14-13(19)11-5-3-2-4-6-11/h2-6,9-10,18H,7-8H2,1H3,(H,14,19). The van der Waals surface area contributed by atoms with Crippen molar-refractivity contribution in [1.29, 1.82) is 0 Å². The Kier molecular flexibility index (Phi) is 4.25. The number of nitrogens with zero attached hydrogens (tertiary/aromatic N) is 3. The fourth-order valence-electron chi connectivity index (χ4n) is 1.64. The number of hydrogen-bond donors (Lipinski definition) is 2. The molecule has 0 aliphatic rings. The minimum Gasteiger partial charge on any atom is -0.391 e. The number of carbonyl (C=O) groups excluding carboxylic acids is 1. The molecule has 1 atom stereocenters. The van der Waals surface area contributed by atoms with E-state index < -0.39 is 6.10 Å². The fraction of sp³-hybridized carbons (Fsp3) is 0.308. The summed E-state index contributed by atoms with van der Waals surface area (Å²) in [6.07, 6.45) is 1.23. The van der Waals surface area contributed by atoms with Crippen LogP contribution in [0.1, 0.15) is 23.0 Å². The smallest absolute Gasteiger partial charge is 0.251 e. The van der Waals surface area contributed by atoms with E-state index in [1.165, 1.54) is 0 Å². The second kappa shape index (κ2) is 6.10. The van der Waals surface area contributed by atoms with Crippen molar-refractivity contribution in [3.05, 3.63) is 47.8 Å². The molecule has 1 aromatic heterocycles. The van der Waals surface area contributed by atoms with Crippen LogP contribution in [-0.4, -0.2) is 32.1 Å². The van der Waals surface area contributed by atoms with Crippen LogP contribution in [0.4, 0.5) is 0 Å². The van der Waals surface area contributed by atoms with Crippen molar-refractivity contribution < 1.29 is 9.90 Å². The molecule has 0 saturated carbocycles. The van der Waals surface area contributed by atoms with E-state index in [2.05, 4.69) is 15.6 Å². The van der Waals surface area contributed by atoms with Crippen molar-refractivity contribution in [2.45, 2.75) is 26.1 Å². The first-order valence-corrected chi connectivity index (χ1v) is 6.05. The van der Waals surface area contributed by atoms with Gasteiger partial charge in [-0.1, -0.05) is 23.4 Å². The topological polar surface area (TPSA) is 80.0 Å². The molecule has 2 N–H and O–H groups in total. The number of aliphatic hydroxyl groups excluding tert-OH is 1. The molecule has 2 rings (SSSR count). The summed E-state index contributed by atoms with van der Waals surface area (Å²) < 4.78 is 1.55. The third-order valence-corrected chi connectivity index (χ3v) is 2.50. The highest BCUT2D eigenvalue weighted by molar-refractivity contribution is 5.93.